The molecule has 0 aromatic carbocycles. The van der Waals surface area contributed by atoms with E-state index in [2.05, 4.69) is 5.10 Å². The van der Waals surface area contributed by atoms with Gasteiger partial charge in [-0.15, -0.1) is 0 Å². The summed E-state index contributed by atoms with van der Waals surface area (Å²) in [6.45, 7) is 1.43. The third-order valence-electron chi connectivity index (χ3n) is 2.51. The van der Waals surface area contributed by atoms with E-state index in [1.165, 1.54) is 6.92 Å². The van der Waals surface area contributed by atoms with Crippen molar-refractivity contribution in [1.29, 1.82) is 0 Å². The summed E-state index contributed by atoms with van der Waals surface area (Å²) in [6, 6.07) is 0. The van der Waals surface area contributed by atoms with E-state index >= 15 is 0 Å². The Hall–Kier alpha value is -1.17. The molecule has 0 radical (unpaired) electrons. The minimum atomic E-state index is -3.27. The van der Waals surface area contributed by atoms with Crippen molar-refractivity contribution in [3.05, 3.63) is 18.0 Å². The summed E-state index contributed by atoms with van der Waals surface area (Å²) in [4.78, 5) is 11.6. The van der Waals surface area contributed by atoms with Gasteiger partial charge in [0, 0.05) is 25.9 Å². The van der Waals surface area contributed by atoms with E-state index in [1.807, 2.05) is 6.20 Å². The molecule has 0 amide bonds. The first-order valence-electron chi connectivity index (χ1n) is 5.00. The summed E-state index contributed by atoms with van der Waals surface area (Å²) in [5.41, 5.74) is 0.941. The number of aromatic nitrogens is 2. The van der Waals surface area contributed by atoms with Gasteiger partial charge in [0.25, 0.3) is 0 Å². The highest BCUT2D eigenvalue weighted by molar-refractivity contribution is 7.92. The van der Waals surface area contributed by atoms with E-state index in [0.717, 1.165) is 11.8 Å². The number of Topliss-reactive ketones (excluding diaryl/α,β-unsaturated/α-hetero) is 1. The lowest BCUT2D eigenvalue weighted by atomic mass is 10.1. The zero-order chi connectivity index (χ0) is 12.3. The number of carbonyl (C=O) groups is 1. The van der Waals surface area contributed by atoms with Gasteiger partial charge in [0.15, 0.2) is 15.6 Å². The van der Waals surface area contributed by atoms with E-state index in [-0.39, 0.29) is 12.2 Å². The van der Waals surface area contributed by atoms with Gasteiger partial charge >= 0.3 is 0 Å². The van der Waals surface area contributed by atoms with E-state index < -0.39 is 15.1 Å². The van der Waals surface area contributed by atoms with Gasteiger partial charge in [-0.3, -0.25) is 9.48 Å². The summed E-state index contributed by atoms with van der Waals surface area (Å²) < 4.78 is 24.0. The Bertz CT molecular complexity index is 476. The van der Waals surface area contributed by atoms with E-state index in [9.17, 15) is 13.2 Å². The van der Waals surface area contributed by atoms with Gasteiger partial charge in [-0.2, -0.15) is 5.10 Å². The molecule has 1 atom stereocenters. The fourth-order valence-electron chi connectivity index (χ4n) is 1.31. The second-order valence-corrected chi connectivity index (χ2v) is 6.33. The molecular weight excluding hydrogens is 228 g/mol. The number of aryl methyl sites for hydroxylation is 2. The van der Waals surface area contributed by atoms with Crippen molar-refractivity contribution in [2.45, 2.75) is 25.0 Å². The van der Waals surface area contributed by atoms with Crippen molar-refractivity contribution in [2.24, 2.45) is 7.05 Å². The molecule has 0 aliphatic heterocycles. The number of rotatable bonds is 5. The van der Waals surface area contributed by atoms with Gasteiger partial charge in [-0.05, 0) is 18.9 Å². The molecule has 0 spiro atoms. The van der Waals surface area contributed by atoms with Crippen LogP contribution in [0.25, 0.3) is 0 Å². The predicted octanol–water partition coefficient (Wildman–Crippen LogP) is 0.355. The first-order valence-corrected chi connectivity index (χ1v) is 6.95. The molecule has 1 heterocycles. The molecule has 5 nitrogen and oxygen atoms in total. The number of hydrogen-bond donors (Lipinski definition) is 0. The van der Waals surface area contributed by atoms with Gasteiger partial charge in [0.05, 0.1) is 6.20 Å². The maximum Gasteiger partial charge on any atom is 0.157 e. The minimum absolute atomic E-state index is 0.236. The molecule has 1 rings (SSSR count). The van der Waals surface area contributed by atoms with Gasteiger partial charge in [-0.1, -0.05) is 0 Å². The summed E-state index contributed by atoms with van der Waals surface area (Å²) in [7, 11) is -1.48. The quantitative estimate of drug-likeness (QED) is 0.749. The van der Waals surface area contributed by atoms with Crippen LogP contribution in [-0.4, -0.2) is 35.5 Å². The lowest BCUT2D eigenvalue weighted by Crippen LogP contribution is -2.26. The normalized spacial score (nSPS) is 13.7. The molecule has 1 aromatic rings. The van der Waals surface area contributed by atoms with Crippen LogP contribution in [0.5, 0.6) is 0 Å². The minimum Gasteiger partial charge on any atom is -0.298 e. The van der Waals surface area contributed by atoms with Crippen LogP contribution in [0.4, 0.5) is 0 Å². The van der Waals surface area contributed by atoms with Crippen LogP contribution >= 0.6 is 0 Å². The molecule has 0 bridgehead atoms. The van der Waals surface area contributed by atoms with Crippen molar-refractivity contribution >= 4 is 15.6 Å². The predicted molar refractivity (Wildman–Crippen MR) is 60.8 cm³/mol. The first-order chi connectivity index (χ1) is 7.30. The van der Waals surface area contributed by atoms with Crippen LogP contribution in [0.2, 0.25) is 0 Å². The highest BCUT2D eigenvalue weighted by atomic mass is 32.2. The van der Waals surface area contributed by atoms with E-state index in [4.69, 9.17) is 0 Å². The third-order valence-corrected chi connectivity index (χ3v) is 4.06. The SMILES string of the molecule is CC(C(=O)CCc1cnn(C)c1)S(C)(=O)=O. The average molecular weight is 244 g/mol. The summed E-state index contributed by atoms with van der Waals surface area (Å²) in [5, 5.41) is 3.06. The smallest absolute Gasteiger partial charge is 0.157 e. The lowest BCUT2D eigenvalue weighted by molar-refractivity contribution is -0.118. The highest BCUT2D eigenvalue weighted by Gasteiger charge is 2.22. The number of carbonyl (C=O) groups excluding carboxylic acids is 1. The van der Waals surface area contributed by atoms with Crippen LogP contribution in [-0.2, 0) is 28.1 Å². The number of nitrogens with zero attached hydrogens (tertiary/aromatic N) is 2. The van der Waals surface area contributed by atoms with Crippen molar-refractivity contribution in [2.75, 3.05) is 6.26 Å². The fraction of sp³-hybridized carbons (Fsp3) is 0.600. The van der Waals surface area contributed by atoms with Crippen LogP contribution in [0.15, 0.2) is 12.4 Å². The van der Waals surface area contributed by atoms with Crippen LogP contribution in [0.1, 0.15) is 18.9 Å². The molecule has 0 saturated heterocycles. The van der Waals surface area contributed by atoms with Crippen molar-refractivity contribution in [1.82, 2.24) is 9.78 Å². The Labute approximate surface area is 95.4 Å². The molecule has 16 heavy (non-hydrogen) atoms. The molecule has 1 unspecified atom stereocenters. The Kier molecular flexibility index (Phi) is 3.85. The maximum atomic E-state index is 11.6. The van der Waals surface area contributed by atoms with Crippen molar-refractivity contribution in [3.63, 3.8) is 0 Å². The second kappa shape index (κ2) is 4.78. The van der Waals surface area contributed by atoms with Gasteiger partial charge in [0.1, 0.15) is 5.25 Å². The Morgan fingerprint density at radius 1 is 1.56 bits per heavy atom. The van der Waals surface area contributed by atoms with E-state index in [1.54, 1.807) is 17.9 Å². The largest absolute Gasteiger partial charge is 0.298 e. The average Bonchev–Trinajstić information content (AvgIpc) is 2.58. The van der Waals surface area contributed by atoms with Crippen molar-refractivity contribution < 1.29 is 13.2 Å². The fourth-order valence-corrected chi connectivity index (χ4v) is 1.91. The van der Waals surface area contributed by atoms with Crippen LogP contribution in [0, 0.1) is 0 Å². The first kappa shape index (κ1) is 12.9. The van der Waals surface area contributed by atoms with Gasteiger partial charge in [-0.25, -0.2) is 8.42 Å². The van der Waals surface area contributed by atoms with Crippen LogP contribution in [0.3, 0.4) is 0 Å². The standard InChI is InChI=1S/C10H16N2O3S/c1-8(16(3,14)15)10(13)5-4-9-6-11-12(2)7-9/h6-8H,4-5H2,1-3H3. The molecular formula is C10H16N2O3S. The maximum absolute atomic E-state index is 11.6. The molecule has 90 valence electrons. The molecule has 0 N–H and O–H groups in total. The summed E-state index contributed by atoms with van der Waals surface area (Å²) >= 11 is 0. The van der Waals surface area contributed by atoms with Crippen LogP contribution < -0.4 is 0 Å². The summed E-state index contributed by atoms with van der Waals surface area (Å²) in [6.07, 6.45) is 5.35. The van der Waals surface area contributed by atoms with Gasteiger partial charge in [0.2, 0.25) is 0 Å². The zero-order valence-corrected chi connectivity index (χ0v) is 10.5. The molecule has 1 aromatic heterocycles. The number of ketones is 1. The summed E-state index contributed by atoms with van der Waals surface area (Å²) in [5.74, 6) is -0.244. The van der Waals surface area contributed by atoms with Gasteiger partial charge < -0.3 is 0 Å². The number of sulfone groups is 1. The Balaban J connectivity index is 2.54. The zero-order valence-electron chi connectivity index (χ0n) is 9.67. The topological polar surface area (TPSA) is 69.0 Å². The molecule has 0 aliphatic rings. The monoisotopic (exact) mass is 244 g/mol. The molecule has 0 saturated carbocycles. The van der Waals surface area contributed by atoms with E-state index in [0.29, 0.717) is 6.42 Å². The number of hydrogen-bond acceptors (Lipinski definition) is 4. The third kappa shape index (κ3) is 3.44. The molecule has 0 fully saturated rings. The molecule has 6 heteroatoms. The highest BCUT2D eigenvalue weighted by Crippen LogP contribution is 2.07. The Morgan fingerprint density at radius 2 is 2.19 bits per heavy atom. The Morgan fingerprint density at radius 3 is 2.62 bits per heavy atom. The second-order valence-electron chi connectivity index (χ2n) is 3.96. The lowest BCUT2D eigenvalue weighted by Gasteiger charge is -2.06. The molecule has 0 aliphatic carbocycles. The van der Waals surface area contributed by atoms with Crippen molar-refractivity contribution in [3.8, 4) is 0 Å².